The first kappa shape index (κ1) is 15.5. The lowest BCUT2D eigenvalue weighted by molar-refractivity contribution is 0.522. The summed E-state index contributed by atoms with van der Waals surface area (Å²) in [6, 6.07) is 17.7. The molecule has 122 valence electrons. The molecule has 3 heteroatoms. The monoisotopic (exact) mass is 334 g/mol. The van der Waals surface area contributed by atoms with Gasteiger partial charge >= 0.3 is 0 Å². The van der Waals surface area contributed by atoms with Crippen LogP contribution >= 0.6 is 11.8 Å². The van der Waals surface area contributed by atoms with Crippen molar-refractivity contribution in [1.29, 1.82) is 0 Å². The van der Waals surface area contributed by atoms with Gasteiger partial charge in [-0.05, 0) is 35.8 Å². The van der Waals surface area contributed by atoms with E-state index in [1.54, 1.807) is 0 Å². The van der Waals surface area contributed by atoms with E-state index in [4.69, 9.17) is 4.98 Å². The highest BCUT2D eigenvalue weighted by atomic mass is 32.2. The first-order valence-corrected chi connectivity index (χ1v) is 9.97. The van der Waals surface area contributed by atoms with Gasteiger partial charge in [-0.15, -0.1) is 0 Å². The number of imidazole rings is 1. The maximum atomic E-state index is 4.82. The Morgan fingerprint density at radius 3 is 2.25 bits per heavy atom. The fraction of sp³-hybridized carbons (Fsp3) is 0.286. The van der Waals surface area contributed by atoms with E-state index in [2.05, 4.69) is 65.6 Å². The molecule has 0 unspecified atom stereocenters. The Hall–Kier alpha value is -2.00. The number of benzene rings is 2. The first-order chi connectivity index (χ1) is 11.8. The highest BCUT2D eigenvalue weighted by Gasteiger charge is 2.13. The van der Waals surface area contributed by atoms with Crippen molar-refractivity contribution in [2.24, 2.45) is 0 Å². The van der Waals surface area contributed by atoms with Crippen LogP contribution in [0.1, 0.15) is 24.2 Å². The number of thioether (sulfide) groups is 1. The van der Waals surface area contributed by atoms with Crippen LogP contribution in [-0.2, 0) is 18.7 Å². The predicted octanol–water partition coefficient (Wildman–Crippen LogP) is 5.42. The van der Waals surface area contributed by atoms with Crippen LogP contribution in [0.3, 0.4) is 0 Å². The van der Waals surface area contributed by atoms with Crippen LogP contribution < -0.4 is 0 Å². The van der Waals surface area contributed by atoms with Gasteiger partial charge in [-0.2, -0.15) is 11.8 Å². The molecule has 3 aromatic rings. The summed E-state index contributed by atoms with van der Waals surface area (Å²) in [6.07, 6.45) is 8.00. The van der Waals surface area contributed by atoms with Gasteiger partial charge in [-0.25, -0.2) is 4.98 Å². The summed E-state index contributed by atoms with van der Waals surface area (Å²) in [7, 11) is 0. The van der Waals surface area contributed by atoms with E-state index in [9.17, 15) is 0 Å². The van der Waals surface area contributed by atoms with Crippen molar-refractivity contribution in [2.75, 3.05) is 6.26 Å². The van der Waals surface area contributed by atoms with Crippen LogP contribution in [0.4, 0.5) is 0 Å². The summed E-state index contributed by atoms with van der Waals surface area (Å²) in [6.45, 7) is 1.11. The molecule has 0 saturated heterocycles. The molecular weight excluding hydrogens is 312 g/mol. The summed E-state index contributed by atoms with van der Waals surface area (Å²) in [5, 5.41) is 0. The number of nitrogens with zero attached hydrogens (tertiary/aromatic N) is 2. The SMILES string of the molecule is CSCc1ccc(-c2ccc(-c3cn4c(n3)CCCC4)cc2)cc1. The van der Waals surface area contributed by atoms with Gasteiger partial charge in [0, 0.05) is 30.5 Å². The largest absolute Gasteiger partial charge is 0.334 e. The Morgan fingerprint density at radius 1 is 0.917 bits per heavy atom. The Kier molecular flexibility index (Phi) is 4.44. The molecule has 0 fully saturated rings. The van der Waals surface area contributed by atoms with Gasteiger partial charge in [-0.1, -0.05) is 48.5 Å². The van der Waals surface area contributed by atoms with Gasteiger partial charge in [0.25, 0.3) is 0 Å². The maximum Gasteiger partial charge on any atom is 0.109 e. The topological polar surface area (TPSA) is 17.8 Å². The predicted molar refractivity (Wildman–Crippen MR) is 103 cm³/mol. The Bertz CT molecular complexity index is 793. The quantitative estimate of drug-likeness (QED) is 0.634. The number of aromatic nitrogens is 2. The van der Waals surface area contributed by atoms with Crippen molar-refractivity contribution in [3.63, 3.8) is 0 Å². The summed E-state index contributed by atoms with van der Waals surface area (Å²) >= 11 is 1.86. The highest BCUT2D eigenvalue weighted by Crippen LogP contribution is 2.26. The number of hydrogen-bond donors (Lipinski definition) is 0. The highest BCUT2D eigenvalue weighted by molar-refractivity contribution is 7.97. The van der Waals surface area contributed by atoms with E-state index >= 15 is 0 Å². The van der Waals surface area contributed by atoms with Crippen LogP contribution in [0.5, 0.6) is 0 Å². The number of aryl methyl sites for hydroxylation is 2. The zero-order valence-electron chi connectivity index (χ0n) is 14.0. The fourth-order valence-corrected chi connectivity index (χ4v) is 3.87. The third-order valence-electron chi connectivity index (χ3n) is 4.69. The molecule has 0 N–H and O–H groups in total. The molecule has 24 heavy (non-hydrogen) atoms. The van der Waals surface area contributed by atoms with Crippen LogP contribution in [-0.4, -0.2) is 15.8 Å². The molecule has 1 aliphatic heterocycles. The zero-order chi connectivity index (χ0) is 16.4. The van der Waals surface area contributed by atoms with Crippen molar-refractivity contribution >= 4 is 11.8 Å². The molecule has 0 aliphatic carbocycles. The summed E-state index contributed by atoms with van der Waals surface area (Å²) in [4.78, 5) is 4.82. The van der Waals surface area contributed by atoms with Crippen molar-refractivity contribution in [3.05, 3.63) is 66.1 Å². The zero-order valence-corrected chi connectivity index (χ0v) is 14.9. The van der Waals surface area contributed by atoms with Crippen LogP contribution in [0.15, 0.2) is 54.7 Å². The second-order valence-electron chi connectivity index (χ2n) is 6.40. The lowest BCUT2D eigenvalue weighted by Crippen LogP contribution is -2.08. The normalized spacial score (nSPS) is 13.7. The lowest BCUT2D eigenvalue weighted by Gasteiger charge is -2.11. The third-order valence-corrected chi connectivity index (χ3v) is 5.31. The van der Waals surface area contributed by atoms with Crippen molar-refractivity contribution < 1.29 is 0 Å². The van der Waals surface area contributed by atoms with Crippen LogP contribution in [0.25, 0.3) is 22.4 Å². The number of hydrogen-bond acceptors (Lipinski definition) is 2. The molecule has 4 rings (SSSR count). The molecule has 1 aliphatic rings. The lowest BCUT2D eigenvalue weighted by atomic mass is 10.0. The van der Waals surface area contributed by atoms with Gasteiger partial charge < -0.3 is 4.57 Å². The molecule has 1 aromatic heterocycles. The second-order valence-corrected chi connectivity index (χ2v) is 7.27. The van der Waals surface area contributed by atoms with E-state index in [0.717, 1.165) is 24.4 Å². The van der Waals surface area contributed by atoms with Gasteiger partial charge in [0.2, 0.25) is 0 Å². The molecule has 0 atom stereocenters. The average molecular weight is 334 g/mol. The summed E-state index contributed by atoms with van der Waals surface area (Å²) in [5.74, 6) is 2.31. The minimum atomic E-state index is 1.07. The molecule has 0 radical (unpaired) electrons. The Labute approximate surface area is 147 Å². The van der Waals surface area contributed by atoms with E-state index in [1.807, 2.05) is 11.8 Å². The van der Waals surface area contributed by atoms with Crippen LogP contribution in [0, 0.1) is 0 Å². The molecular formula is C21H22N2S. The van der Waals surface area contributed by atoms with Gasteiger partial charge in [-0.3, -0.25) is 0 Å². The molecule has 0 spiro atoms. The van der Waals surface area contributed by atoms with E-state index in [-0.39, 0.29) is 0 Å². The molecule has 0 amide bonds. The summed E-state index contributed by atoms with van der Waals surface area (Å²) in [5.41, 5.74) is 6.23. The van der Waals surface area contributed by atoms with Crippen molar-refractivity contribution in [1.82, 2.24) is 9.55 Å². The second kappa shape index (κ2) is 6.86. The maximum absolute atomic E-state index is 4.82. The molecule has 0 saturated carbocycles. The molecule has 2 heterocycles. The number of fused-ring (bicyclic) bond motifs is 1. The van der Waals surface area contributed by atoms with Gasteiger partial charge in [0.15, 0.2) is 0 Å². The first-order valence-electron chi connectivity index (χ1n) is 8.58. The van der Waals surface area contributed by atoms with Crippen molar-refractivity contribution in [2.45, 2.75) is 31.6 Å². The minimum Gasteiger partial charge on any atom is -0.334 e. The van der Waals surface area contributed by atoms with E-state index in [0.29, 0.717) is 0 Å². The number of rotatable bonds is 4. The van der Waals surface area contributed by atoms with Crippen LogP contribution in [0.2, 0.25) is 0 Å². The summed E-state index contributed by atoms with van der Waals surface area (Å²) < 4.78 is 2.32. The Morgan fingerprint density at radius 2 is 1.58 bits per heavy atom. The third kappa shape index (κ3) is 3.13. The fourth-order valence-electron chi connectivity index (χ4n) is 3.35. The molecule has 2 nitrogen and oxygen atoms in total. The standard InChI is InChI=1S/C21H22N2S/c1-24-15-16-5-7-17(8-6-16)18-9-11-19(12-10-18)20-14-23-13-3-2-4-21(23)22-20/h5-12,14H,2-4,13,15H2,1H3. The average Bonchev–Trinajstić information content (AvgIpc) is 3.07. The van der Waals surface area contributed by atoms with E-state index in [1.165, 1.54) is 40.9 Å². The molecule has 2 aromatic carbocycles. The Balaban J connectivity index is 1.57. The van der Waals surface area contributed by atoms with Gasteiger partial charge in [0.1, 0.15) is 5.82 Å². The van der Waals surface area contributed by atoms with E-state index < -0.39 is 0 Å². The molecule has 0 bridgehead atoms. The minimum absolute atomic E-state index is 1.07. The smallest absolute Gasteiger partial charge is 0.109 e. The van der Waals surface area contributed by atoms with Crippen molar-refractivity contribution in [3.8, 4) is 22.4 Å². The van der Waals surface area contributed by atoms with Gasteiger partial charge in [0.05, 0.1) is 5.69 Å².